The summed E-state index contributed by atoms with van der Waals surface area (Å²) in [5.74, 6) is -3.24. The molecule has 0 unspecified atom stereocenters. The Hall–Kier alpha value is -1.84. The number of ether oxygens (including phenoxy) is 1. The molecule has 1 aliphatic carbocycles. The fraction of sp³-hybridized carbons (Fsp3) is 0.812. The Kier molecular flexibility index (Phi) is 7.43. The summed E-state index contributed by atoms with van der Waals surface area (Å²) in [5, 5.41) is 11.1. The third-order valence-corrected chi connectivity index (χ3v) is 3.80. The van der Waals surface area contributed by atoms with Gasteiger partial charge in [-0.2, -0.15) is 13.2 Å². The van der Waals surface area contributed by atoms with E-state index in [0.29, 0.717) is 25.7 Å². The molecule has 1 aliphatic rings. The van der Waals surface area contributed by atoms with Crippen LogP contribution < -0.4 is 5.32 Å². The first-order chi connectivity index (χ1) is 11.8. The van der Waals surface area contributed by atoms with Gasteiger partial charge >= 0.3 is 18.2 Å². The highest BCUT2D eigenvalue weighted by atomic mass is 19.4. The molecule has 0 saturated heterocycles. The van der Waals surface area contributed by atoms with Crippen molar-refractivity contribution in [2.45, 2.75) is 64.3 Å². The third-order valence-electron chi connectivity index (χ3n) is 3.80. The van der Waals surface area contributed by atoms with Crippen molar-refractivity contribution >= 4 is 17.9 Å². The Balaban J connectivity index is 2.77. The van der Waals surface area contributed by atoms with Crippen molar-refractivity contribution in [1.29, 1.82) is 0 Å². The molecule has 150 valence electrons. The molecule has 1 saturated carbocycles. The molecule has 0 aromatic heterocycles. The van der Waals surface area contributed by atoms with Gasteiger partial charge in [-0.3, -0.25) is 9.59 Å². The van der Waals surface area contributed by atoms with Gasteiger partial charge in [0.25, 0.3) is 0 Å². The summed E-state index contributed by atoms with van der Waals surface area (Å²) in [7, 11) is 0. The summed E-state index contributed by atoms with van der Waals surface area (Å²) in [6, 6.07) is 0. The Bertz CT molecular complexity index is 523. The molecule has 0 bridgehead atoms. The number of aliphatic hydroxyl groups is 1. The van der Waals surface area contributed by atoms with Crippen molar-refractivity contribution in [2.24, 2.45) is 5.92 Å². The van der Waals surface area contributed by atoms with Crippen molar-refractivity contribution < 1.29 is 37.4 Å². The van der Waals surface area contributed by atoms with E-state index in [9.17, 15) is 32.7 Å². The highest BCUT2D eigenvalue weighted by molar-refractivity contribution is 5.93. The van der Waals surface area contributed by atoms with Gasteiger partial charge < -0.3 is 15.2 Å². The average Bonchev–Trinajstić information content (AvgIpc) is 2.48. The minimum absolute atomic E-state index is 0.369. The number of imide groups is 1. The highest BCUT2D eigenvalue weighted by Crippen LogP contribution is 2.26. The predicted octanol–water partition coefficient (Wildman–Crippen LogP) is 1.98. The van der Waals surface area contributed by atoms with Gasteiger partial charge in [-0.25, -0.2) is 9.69 Å². The van der Waals surface area contributed by atoms with E-state index in [1.54, 1.807) is 26.1 Å². The number of amides is 3. The summed E-state index contributed by atoms with van der Waals surface area (Å²) in [5.41, 5.74) is -0.895. The maximum absolute atomic E-state index is 12.6. The van der Waals surface area contributed by atoms with E-state index in [1.165, 1.54) is 0 Å². The van der Waals surface area contributed by atoms with Crippen LogP contribution in [0.1, 0.15) is 46.5 Å². The normalized spacial score (nSPS) is 21.0. The molecule has 0 heterocycles. The van der Waals surface area contributed by atoms with E-state index in [4.69, 9.17) is 4.74 Å². The number of carbonyl (C=O) groups is 3. The maximum atomic E-state index is 12.6. The highest BCUT2D eigenvalue weighted by Gasteiger charge is 2.39. The van der Waals surface area contributed by atoms with Gasteiger partial charge in [0.05, 0.1) is 6.10 Å². The largest absolute Gasteiger partial charge is 0.471 e. The predicted molar refractivity (Wildman–Crippen MR) is 85.0 cm³/mol. The van der Waals surface area contributed by atoms with E-state index < -0.39 is 54.8 Å². The molecular formula is C16H25F3N2O5. The van der Waals surface area contributed by atoms with Crippen LogP contribution in [0.3, 0.4) is 0 Å². The van der Waals surface area contributed by atoms with Crippen molar-refractivity contribution in [3.63, 3.8) is 0 Å². The van der Waals surface area contributed by atoms with Crippen LogP contribution in [0, 0.1) is 5.92 Å². The Morgan fingerprint density at radius 1 is 1.12 bits per heavy atom. The fourth-order valence-electron chi connectivity index (χ4n) is 2.53. The third kappa shape index (κ3) is 7.19. The van der Waals surface area contributed by atoms with Gasteiger partial charge in [0.15, 0.2) is 0 Å². The van der Waals surface area contributed by atoms with Gasteiger partial charge in [-0.05, 0) is 46.5 Å². The summed E-state index contributed by atoms with van der Waals surface area (Å²) in [6.07, 6.45) is -4.97. The lowest BCUT2D eigenvalue weighted by Crippen LogP contribution is -2.48. The lowest BCUT2D eigenvalue weighted by atomic mass is 9.86. The monoisotopic (exact) mass is 382 g/mol. The van der Waals surface area contributed by atoms with Gasteiger partial charge in [0.1, 0.15) is 5.60 Å². The smallest absolute Gasteiger partial charge is 0.443 e. The molecule has 2 N–H and O–H groups in total. The van der Waals surface area contributed by atoms with Crippen LogP contribution in [0.4, 0.5) is 18.0 Å². The number of aliphatic hydroxyl groups excluding tert-OH is 1. The topological polar surface area (TPSA) is 95.9 Å². The van der Waals surface area contributed by atoms with Crippen LogP contribution >= 0.6 is 0 Å². The molecule has 3 amide bonds. The number of alkyl halides is 3. The summed E-state index contributed by atoms with van der Waals surface area (Å²) in [6.45, 7) is 3.80. The number of nitrogens with one attached hydrogen (secondary N) is 1. The van der Waals surface area contributed by atoms with E-state index in [-0.39, 0.29) is 0 Å². The molecule has 0 aromatic carbocycles. The van der Waals surface area contributed by atoms with Crippen molar-refractivity contribution in [3.8, 4) is 0 Å². The molecule has 1 fully saturated rings. The number of rotatable bonds is 4. The number of hydrogen-bond acceptors (Lipinski definition) is 5. The lowest BCUT2D eigenvalue weighted by Gasteiger charge is -2.31. The summed E-state index contributed by atoms with van der Waals surface area (Å²) < 4.78 is 41.8. The van der Waals surface area contributed by atoms with E-state index in [1.807, 2.05) is 0 Å². The van der Waals surface area contributed by atoms with Crippen LogP contribution in [0.5, 0.6) is 0 Å². The molecule has 10 heteroatoms. The fourth-order valence-corrected chi connectivity index (χ4v) is 2.53. The second-order valence-corrected chi connectivity index (χ2v) is 7.23. The first kappa shape index (κ1) is 22.2. The summed E-state index contributed by atoms with van der Waals surface area (Å²) in [4.78, 5) is 36.5. The summed E-state index contributed by atoms with van der Waals surface area (Å²) >= 11 is 0. The lowest BCUT2D eigenvalue weighted by molar-refractivity contribution is -0.173. The zero-order chi connectivity index (χ0) is 20.1. The van der Waals surface area contributed by atoms with Crippen LogP contribution in [0.25, 0.3) is 0 Å². The standard InChI is InChI=1S/C16H25F3N2O5/c1-15(2,3)26-14(25)21(9-8-20-13(24)16(17,18)19)12(23)10-4-6-11(22)7-5-10/h10-11,22H,4-9H2,1-3H3,(H,20,24)/t10-,11-. The molecule has 0 spiro atoms. The number of carbonyl (C=O) groups excluding carboxylic acids is 3. The zero-order valence-corrected chi connectivity index (χ0v) is 15.1. The molecule has 0 radical (unpaired) electrons. The first-order valence-corrected chi connectivity index (χ1v) is 8.38. The van der Waals surface area contributed by atoms with Gasteiger partial charge in [-0.1, -0.05) is 0 Å². The van der Waals surface area contributed by atoms with Gasteiger partial charge in [0, 0.05) is 19.0 Å². The molecule has 1 rings (SSSR count). The van der Waals surface area contributed by atoms with Crippen LogP contribution in [0.2, 0.25) is 0 Å². The second-order valence-electron chi connectivity index (χ2n) is 7.23. The van der Waals surface area contributed by atoms with E-state index in [0.717, 1.165) is 4.90 Å². The minimum atomic E-state index is -5.04. The quantitative estimate of drug-likeness (QED) is 0.775. The average molecular weight is 382 g/mol. The first-order valence-electron chi connectivity index (χ1n) is 8.38. The van der Waals surface area contributed by atoms with Gasteiger partial charge in [-0.15, -0.1) is 0 Å². The molecule has 7 nitrogen and oxygen atoms in total. The maximum Gasteiger partial charge on any atom is 0.471 e. The Labute approximate surface area is 149 Å². The number of halogens is 3. The van der Waals surface area contributed by atoms with Crippen molar-refractivity contribution in [2.75, 3.05) is 13.1 Å². The molecule has 0 aliphatic heterocycles. The Morgan fingerprint density at radius 3 is 2.12 bits per heavy atom. The minimum Gasteiger partial charge on any atom is -0.443 e. The SMILES string of the molecule is CC(C)(C)OC(=O)N(CCNC(=O)C(F)(F)F)C(=O)[C@H]1CC[C@H](O)CC1. The van der Waals surface area contributed by atoms with Crippen LogP contribution in [-0.4, -0.2) is 58.9 Å². The molecule has 0 aromatic rings. The van der Waals surface area contributed by atoms with Crippen LogP contribution in [-0.2, 0) is 14.3 Å². The van der Waals surface area contributed by atoms with Gasteiger partial charge in [0.2, 0.25) is 5.91 Å². The second kappa shape index (κ2) is 8.70. The van der Waals surface area contributed by atoms with E-state index in [2.05, 4.69) is 0 Å². The van der Waals surface area contributed by atoms with Crippen LogP contribution in [0.15, 0.2) is 0 Å². The molecular weight excluding hydrogens is 357 g/mol. The number of nitrogens with zero attached hydrogens (tertiary/aromatic N) is 1. The molecule has 0 atom stereocenters. The Morgan fingerprint density at radius 2 is 1.65 bits per heavy atom. The van der Waals surface area contributed by atoms with Crippen molar-refractivity contribution in [1.82, 2.24) is 10.2 Å². The molecule has 26 heavy (non-hydrogen) atoms. The van der Waals surface area contributed by atoms with Crippen molar-refractivity contribution in [3.05, 3.63) is 0 Å². The number of hydrogen-bond donors (Lipinski definition) is 2. The van der Waals surface area contributed by atoms with E-state index >= 15 is 0 Å². The zero-order valence-electron chi connectivity index (χ0n) is 15.1.